The number of nitro benzene ring substituents is 1. The molecule has 0 aliphatic heterocycles. The molecule has 4 N–H and O–H groups in total. The summed E-state index contributed by atoms with van der Waals surface area (Å²) in [7, 11) is 0. The molecule has 0 radical (unpaired) electrons. The number of carbonyl (C=O) groups excluding carboxylic acids is 1. The summed E-state index contributed by atoms with van der Waals surface area (Å²) in [6.07, 6.45) is 0. The van der Waals surface area contributed by atoms with E-state index in [1.807, 2.05) is 0 Å². The maximum absolute atomic E-state index is 10.9. The van der Waals surface area contributed by atoms with E-state index >= 15 is 0 Å². The van der Waals surface area contributed by atoms with Gasteiger partial charge in [0.2, 0.25) is 5.91 Å². The van der Waals surface area contributed by atoms with Crippen LogP contribution in [0.2, 0.25) is 0 Å². The van der Waals surface area contributed by atoms with Crippen molar-refractivity contribution in [3.05, 3.63) is 34.4 Å². The largest absolute Gasteiger partial charge is 0.484 e. The summed E-state index contributed by atoms with van der Waals surface area (Å²) in [4.78, 5) is 21.1. The number of para-hydroxylation sites is 2. The van der Waals surface area contributed by atoms with E-state index in [1.54, 1.807) is 6.07 Å². The number of amides is 1. The van der Waals surface area contributed by atoms with Gasteiger partial charge >= 0.3 is 5.69 Å². The van der Waals surface area contributed by atoms with Crippen molar-refractivity contribution < 1.29 is 14.5 Å². The third-order valence-electron chi connectivity index (χ3n) is 2.15. The van der Waals surface area contributed by atoms with Gasteiger partial charge in [-0.15, -0.1) is 0 Å². The molecule has 1 rings (SSSR count). The maximum atomic E-state index is 10.9. The molecule has 17 heavy (non-hydrogen) atoms. The summed E-state index contributed by atoms with van der Waals surface area (Å²) < 4.78 is 5.16. The van der Waals surface area contributed by atoms with E-state index in [-0.39, 0.29) is 18.0 Å². The molecule has 0 saturated carbocycles. The van der Waals surface area contributed by atoms with Crippen LogP contribution in [-0.4, -0.2) is 23.0 Å². The highest BCUT2D eigenvalue weighted by molar-refractivity contribution is 5.84. The Morgan fingerprint density at radius 3 is 2.65 bits per heavy atom. The van der Waals surface area contributed by atoms with Crippen molar-refractivity contribution in [3.8, 4) is 5.75 Å². The Kier molecular flexibility index (Phi) is 3.64. The fraction of sp³-hybridized carbons (Fsp3) is 0.300. The van der Waals surface area contributed by atoms with Crippen LogP contribution in [0.4, 0.5) is 5.69 Å². The van der Waals surface area contributed by atoms with Gasteiger partial charge < -0.3 is 16.2 Å². The smallest absolute Gasteiger partial charge is 0.310 e. The lowest BCUT2D eigenvalue weighted by Crippen LogP contribution is -2.53. The van der Waals surface area contributed by atoms with Gasteiger partial charge in [0.1, 0.15) is 12.1 Å². The van der Waals surface area contributed by atoms with E-state index in [0.29, 0.717) is 0 Å². The second-order valence-electron chi connectivity index (χ2n) is 3.80. The van der Waals surface area contributed by atoms with E-state index in [4.69, 9.17) is 16.2 Å². The van der Waals surface area contributed by atoms with Crippen molar-refractivity contribution in [3.63, 3.8) is 0 Å². The van der Waals surface area contributed by atoms with E-state index in [0.717, 1.165) is 0 Å². The molecule has 7 heteroatoms. The van der Waals surface area contributed by atoms with Gasteiger partial charge in [0.15, 0.2) is 5.75 Å². The molecule has 1 atom stereocenters. The second kappa shape index (κ2) is 4.79. The Morgan fingerprint density at radius 2 is 2.12 bits per heavy atom. The topological polar surface area (TPSA) is 121 Å². The standard InChI is InChI=1S/C10H13N3O4/c1-10(12,9(11)14)6-17-8-5-3-2-4-7(8)13(15)16/h2-5H,6,12H2,1H3,(H2,11,14). The van der Waals surface area contributed by atoms with Crippen molar-refractivity contribution >= 4 is 11.6 Å². The van der Waals surface area contributed by atoms with Crippen molar-refractivity contribution in [2.45, 2.75) is 12.5 Å². The number of nitrogens with two attached hydrogens (primary N) is 2. The zero-order chi connectivity index (χ0) is 13.1. The molecular weight excluding hydrogens is 226 g/mol. The van der Waals surface area contributed by atoms with Gasteiger partial charge in [-0.1, -0.05) is 12.1 Å². The average Bonchev–Trinajstić information content (AvgIpc) is 2.26. The monoisotopic (exact) mass is 239 g/mol. The molecule has 7 nitrogen and oxygen atoms in total. The number of ether oxygens (including phenoxy) is 1. The number of hydrogen-bond donors (Lipinski definition) is 2. The third kappa shape index (κ3) is 3.15. The van der Waals surface area contributed by atoms with Gasteiger partial charge in [0.05, 0.1) is 4.92 Å². The van der Waals surface area contributed by atoms with Crippen LogP contribution in [0, 0.1) is 10.1 Å². The molecule has 0 heterocycles. The van der Waals surface area contributed by atoms with Gasteiger partial charge in [0.25, 0.3) is 0 Å². The molecule has 1 aromatic rings. The molecule has 1 aromatic carbocycles. The Hall–Kier alpha value is -2.15. The zero-order valence-electron chi connectivity index (χ0n) is 9.25. The Balaban J connectivity index is 2.83. The minimum atomic E-state index is -1.37. The SMILES string of the molecule is CC(N)(COc1ccccc1[N+](=O)[O-])C(N)=O. The molecule has 1 amide bonds. The normalized spacial score (nSPS) is 13.8. The first-order valence-corrected chi connectivity index (χ1v) is 4.79. The Bertz CT molecular complexity index is 445. The fourth-order valence-corrected chi connectivity index (χ4v) is 1.03. The summed E-state index contributed by atoms with van der Waals surface area (Å²) in [6, 6.07) is 5.82. The van der Waals surface area contributed by atoms with Crippen LogP contribution in [0.25, 0.3) is 0 Å². The second-order valence-corrected chi connectivity index (χ2v) is 3.80. The Morgan fingerprint density at radius 1 is 1.53 bits per heavy atom. The molecule has 92 valence electrons. The van der Waals surface area contributed by atoms with Crippen molar-refractivity contribution in [2.75, 3.05) is 6.61 Å². The Labute approximate surface area is 97.5 Å². The van der Waals surface area contributed by atoms with Crippen LogP contribution in [0.1, 0.15) is 6.92 Å². The number of rotatable bonds is 5. The fourth-order valence-electron chi connectivity index (χ4n) is 1.03. The maximum Gasteiger partial charge on any atom is 0.310 e. The van der Waals surface area contributed by atoms with E-state index in [2.05, 4.69) is 0 Å². The van der Waals surface area contributed by atoms with Gasteiger partial charge in [0, 0.05) is 6.07 Å². The first kappa shape index (κ1) is 12.9. The minimum absolute atomic E-state index is 0.0513. The number of carbonyl (C=O) groups is 1. The first-order valence-electron chi connectivity index (χ1n) is 4.79. The van der Waals surface area contributed by atoms with E-state index < -0.39 is 16.4 Å². The average molecular weight is 239 g/mol. The van der Waals surface area contributed by atoms with Crippen LogP contribution >= 0.6 is 0 Å². The number of primary amides is 1. The van der Waals surface area contributed by atoms with Gasteiger partial charge in [-0.05, 0) is 13.0 Å². The highest BCUT2D eigenvalue weighted by Crippen LogP contribution is 2.26. The van der Waals surface area contributed by atoms with E-state index in [9.17, 15) is 14.9 Å². The summed E-state index contributed by atoms with van der Waals surface area (Å²) in [5.74, 6) is -0.688. The third-order valence-corrected chi connectivity index (χ3v) is 2.15. The molecule has 0 bridgehead atoms. The quantitative estimate of drug-likeness (QED) is 0.560. The van der Waals surface area contributed by atoms with Crippen molar-refractivity contribution in [2.24, 2.45) is 11.5 Å². The molecule has 0 spiro atoms. The predicted molar refractivity (Wildman–Crippen MR) is 60.4 cm³/mol. The van der Waals surface area contributed by atoms with Gasteiger partial charge in [-0.3, -0.25) is 14.9 Å². The molecule has 1 unspecified atom stereocenters. The number of nitro groups is 1. The van der Waals surface area contributed by atoms with Gasteiger partial charge in [-0.25, -0.2) is 0 Å². The molecule has 0 saturated heterocycles. The van der Waals surface area contributed by atoms with Crippen LogP contribution in [0.15, 0.2) is 24.3 Å². The highest BCUT2D eigenvalue weighted by Gasteiger charge is 2.27. The summed E-state index contributed by atoms with van der Waals surface area (Å²) >= 11 is 0. The first-order chi connectivity index (χ1) is 7.84. The summed E-state index contributed by atoms with van der Waals surface area (Å²) in [6.45, 7) is 1.16. The predicted octanol–water partition coefficient (Wildman–Crippen LogP) is 0.176. The highest BCUT2D eigenvalue weighted by atomic mass is 16.6. The summed E-state index contributed by atoms with van der Waals surface area (Å²) in [5, 5.41) is 10.7. The minimum Gasteiger partial charge on any atom is -0.484 e. The molecule has 0 aliphatic rings. The van der Waals surface area contributed by atoms with Crippen molar-refractivity contribution in [1.29, 1.82) is 0 Å². The van der Waals surface area contributed by atoms with Crippen LogP contribution in [-0.2, 0) is 4.79 Å². The van der Waals surface area contributed by atoms with Crippen LogP contribution in [0.5, 0.6) is 5.75 Å². The van der Waals surface area contributed by atoms with Crippen molar-refractivity contribution in [1.82, 2.24) is 0 Å². The van der Waals surface area contributed by atoms with Crippen LogP contribution in [0.3, 0.4) is 0 Å². The number of hydrogen-bond acceptors (Lipinski definition) is 5. The number of nitrogens with zero attached hydrogens (tertiary/aromatic N) is 1. The lowest BCUT2D eigenvalue weighted by Gasteiger charge is -2.20. The molecule has 0 fully saturated rings. The van der Waals surface area contributed by atoms with Crippen LogP contribution < -0.4 is 16.2 Å². The zero-order valence-corrected chi connectivity index (χ0v) is 9.25. The lowest BCUT2D eigenvalue weighted by atomic mass is 10.1. The molecule has 0 aromatic heterocycles. The van der Waals surface area contributed by atoms with Gasteiger partial charge in [-0.2, -0.15) is 0 Å². The van der Waals surface area contributed by atoms with E-state index in [1.165, 1.54) is 25.1 Å². The molecule has 0 aliphatic carbocycles. The molecular formula is C10H13N3O4. The number of benzene rings is 1. The lowest BCUT2D eigenvalue weighted by molar-refractivity contribution is -0.385. The summed E-state index contributed by atoms with van der Waals surface area (Å²) in [5.41, 5.74) is 9.06.